The highest BCUT2D eigenvalue weighted by Gasteiger charge is 2.26. The van der Waals surface area contributed by atoms with Crippen LogP contribution in [0, 0.1) is 0 Å². The second-order valence-corrected chi connectivity index (χ2v) is 18.1. The van der Waals surface area contributed by atoms with E-state index in [1.807, 2.05) is 0 Å². The zero-order valence-electron chi connectivity index (χ0n) is 38.1. The maximum absolute atomic E-state index is 12.6. The summed E-state index contributed by atoms with van der Waals surface area (Å²) in [6.45, 7) is 3.78. The van der Waals surface area contributed by atoms with Gasteiger partial charge in [-0.15, -0.1) is 0 Å². The van der Waals surface area contributed by atoms with E-state index in [1.54, 1.807) is 0 Å². The molecular formula is C48H94NO8P. The van der Waals surface area contributed by atoms with E-state index >= 15 is 0 Å². The molecule has 0 saturated heterocycles. The minimum absolute atomic E-state index is 0.0565. The molecule has 0 aliphatic carbocycles. The van der Waals surface area contributed by atoms with Gasteiger partial charge in [0.25, 0.3) is 0 Å². The Morgan fingerprint density at radius 2 is 0.845 bits per heavy atom. The zero-order chi connectivity index (χ0) is 42.5. The van der Waals surface area contributed by atoms with Gasteiger partial charge < -0.3 is 20.1 Å². The molecule has 9 nitrogen and oxygen atoms in total. The molecule has 10 heteroatoms. The minimum atomic E-state index is -4.37. The van der Waals surface area contributed by atoms with Crippen LogP contribution in [-0.4, -0.2) is 49.3 Å². The van der Waals surface area contributed by atoms with Gasteiger partial charge in [0, 0.05) is 19.4 Å². The Hall–Kier alpha value is -1.25. The van der Waals surface area contributed by atoms with Gasteiger partial charge in [0.15, 0.2) is 6.10 Å². The fraction of sp³-hybridized carbons (Fsp3) is 0.917. The third-order valence-electron chi connectivity index (χ3n) is 10.9. The Morgan fingerprint density at radius 1 is 0.500 bits per heavy atom. The summed E-state index contributed by atoms with van der Waals surface area (Å²) in [5.41, 5.74) is 5.36. The molecule has 0 fully saturated rings. The Morgan fingerprint density at radius 3 is 1.22 bits per heavy atom. The average Bonchev–Trinajstić information content (AvgIpc) is 3.21. The van der Waals surface area contributed by atoms with Gasteiger partial charge in [-0.1, -0.05) is 212 Å². The number of phosphoric ester groups is 1. The van der Waals surface area contributed by atoms with Gasteiger partial charge in [-0.2, -0.15) is 0 Å². The molecule has 0 radical (unpaired) electrons. The number of ether oxygens (including phenoxy) is 2. The number of phosphoric acid groups is 1. The Kier molecular flexibility index (Phi) is 44.3. The number of hydrogen-bond acceptors (Lipinski definition) is 8. The van der Waals surface area contributed by atoms with Crippen molar-refractivity contribution in [1.82, 2.24) is 0 Å². The van der Waals surface area contributed by atoms with Gasteiger partial charge in [0.1, 0.15) is 6.61 Å². The van der Waals surface area contributed by atoms with Crippen molar-refractivity contribution >= 4 is 19.8 Å². The van der Waals surface area contributed by atoms with E-state index in [0.717, 1.165) is 32.1 Å². The molecule has 0 bridgehead atoms. The number of nitrogens with two attached hydrogens (primary N) is 1. The molecule has 0 amide bonds. The second-order valence-electron chi connectivity index (χ2n) is 16.7. The molecule has 0 aromatic heterocycles. The fourth-order valence-corrected chi connectivity index (χ4v) is 7.99. The molecule has 0 rings (SSSR count). The summed E-state index contributed by atoms with van der Waals surface area (Å²) < 4.78 is 32.9. The lowest BCUT2D eigenvalue weighted by molar-refractivity contribution is -0.161. The summed E-state index contributed by atoms with van der Waals surface area (Å²) in [7, 11) is -4.37. The lowest BCUT2D eigenvalue weighted by Crippen LogP contribution is -2.29. The molecule has 2 atom stereocenters. The van der Waals surface area contributed by atoms with Crippen molar-refractivity contribution in [3.8, 4) is 0 Å². The van der Waals surface area contributed by atoms with Crippen LogP contribution in [0.2, 0.25) is 0 Å². The molecule has 344 valence electrons. The SMILES string of the molecule is CCCCCCCCCC/C=C\CCCCCCCCCCCCCC(=O)OC(COC(=O)CCCCCCCCCCCCCCCC)COP(=O)(O)OCCN. The van der Waals surface area contributed by atoms with Crippen LogP contribution in [-0.2, 0) is 32.7 Å². The van der Waals surface area contributed by atoms with Crippen LogP contribution >= 0.6 is 7.82 Å². The summed E-state index contributed by atoms with van der Waals surface area (Å²) in [5, 5.41) is 0. The lowest BCUT2D eigenvalue weighted by Gasteiger charge is -2.19. The maximum atomic E-state index is 12.6. The van der Waals surface area contributed by atoms with Crippen molar-refractivity contribution in [2.45, 2.75) is 258 Å². The number of rotatable bonds is 47. The fourth-order valence-electron chi connectivity index (χ4n) is 7.22. The largest absolute Gasteiger partial charge is 0.472 e. The van der Waals surface area contributed by atoms with Crippen molar-refractivity contribution in [3.05, 3.63) is 12.2 Å². The summed E-state index contributed by atoms with van der Waals surface area (Å²) in [6, 6.07) is 0. The molecule has 2 unspecified atom stereocenters. The number of carbonyl (C=O) groups is 2. The summed E-state index contributed by atoms with van der Waals surface area (Å²) in [6.07, 6.45) is 48.2. The minimum Gasteiger partial charge on any atom is -0.462 e. The van der Waals surface area contributed by atoms with E-state index in [-0.39, 0.29) is 38.6 Å². The van der Waals surface area contributed by atoms with Gasteiger partial charge in [-0.05, 0) is 38.5 Å². The van der Waals surface area contributed by atoms with Gasteiger partial charge in [-0.25, -0.2) is 4.57 Å². The molecule has 0 spiro atoms. The highest BCUT2D eigenvalue weighted by Crippen LogP contribution is 2.43. The van der Waals surface area contributed by atoms with E-state index in [9.17, 15) is 19.0 Å². The molecule has 58 heavy (non-hydrogen) atoms. The normalized spacial score (nSPS) is 13.2. The monoisotopic (exact) mass is 844 g/mol. The van der Waals surface area contributed by atoms with E-state index in [0.29, 0.717) is 6.42 Å². The number of allylic oxidation sites excluding steroid dienone is 2. The first-order valence-corrected chi connectivity index (χ1v) is 26.2. The predicted octanol–water partition coefficient (Wildman–Crippen LogP) is 14.6. The van der Waals surface area contributed by atoms with E-state index in [4.69, 9.17) is 24.3 Å². The zero-order valence-corrected chi connectivity index (χ0v) is 38.9. The highest BCUT2D eigenvalue weighted by atomic mass is 31.2. The first-order chi connectivity index (χ1) is 28.3. The predicted molar refractivity (Wildman–Crippen MR) is 243 cm³/mol. The van der Waals surface area contributed by atoms with Gasteiger partial charge in [0.2, 0.25) is 0 Å². The molecule has 0 aliphatic rings. The number of esters is 2. The number of unbranched alkanes of at least 4 members (excludes halogenated alkanes) is 32. The quantitative estimate of drug-likeness (QED) is 0.0266. The Bertz CT molecular complexity index is 964. The molecule has 3 N–H and O–H groups in total. The van der Waals surface area contributed by atoms with Crippen molar-refractivity contribution in [2.24, 2.45) is 5.73 Å². The molecule has 0 aromatic carbocycles. The van der Waals surface area contributed by atoms with Crippen molar-refractivity contribution in [1.29, 1.82) is 0 Å². The standard InChI is InChI=1S/C48H94NO8P/c1-3-5-7-9-11-13-15-17-19-20-21-22-23-24-25-26-27-29-31-33-35-37-39-41-48(51)57-46(45-56-58(52,53)55-43-42-49)44-54-47(50)40-38-36-34-32-30-28-18-16-14-12-10-8-6-4-2/h20-21,46H,3-19,22-45,49H2,1-2H3,(H,52,53)/b21-20-. The van der Waals surface area contributed by atoms with E-state index < -0.39 is 26.5 Å². The van der Waals surface area contributed by atoms with Crippen molar-refractivity contribution in [2.75, 3.05) is 26.4 Å². The van der Waals surface area contributed by atoms with E-state index in [1.165, 1.54) is 186 Å². The van der Waals surface area contributed by atoms with Crippen LogP contribution in [0.5, 0.6) is 0 Å². The van der Waals surface area contributed by atoms with Crippen LogP contribution in [0.25, 0.3) is 0 Å². The van der Waals surface area contributed by atoms with Crippen LogP contribution < -0.4 is 5.73 Å². The third-order valence-corrected chi connectivity index (χ3v) is 11.9. The third kappa shape index (κ3) is 44.3. The Labute approximate surface area is 358 Å². The molecule has 0 saturated carbocycles. The first-order valence-electron chi connectivity index (χ1n) is 24.7. The smallest absolute Gasteiger partial charge is 0.462 e. The summed E-state index contributed by atoms with van der Waals surface area (Å²) in [5.74, 6) is -0.815. The molecule has 0 aliphatic heterocycles. The second kappa shape index (κ2) is 45.3. The highest BCUT2D eigenvalue weighted by molar-refractivity contribution is 7.47. The molecule has 0 heterocycles. The van der Waals surface area contributed by atoms with Crippen LogP contribution in [0.15, 0.2) is 12.2 Å². The van der Waals surface area contributed by atoms with Crippen molar-refractivity contribution in [3.63, 3.8) is 0 Å². The summed E-state index contributed by atoms with van der Waals surface area (Å²) in [4.78, 5) is 35.0. The van der Waals surface area contributed by atoms with E-state index in [2.05, 4.69) is 26.0 Å². The summed E-state index contributed by atoms with van der Waals surface area (Å²) >= 11 is 0. The lowest BCUT2D eigenvalue weighted by atomic mass is 10.0. The number of carbonyl (C=O) groups excluding carboxylic acids is 2. The number of hydrogen-bond donors (Lipinski definition) is 2. The van der Waals surface area contributed by atoms with Crippen LogP contribution in [0.3, 0.4) is 0 Å². The van der Waals surface area contributed by atoms with Crippen LogP contribution in [0.1, 0.15) is 251 Å². The van der Waals surface area contributed by atoms with Crippen LogP contribution in [0.4, 0.5) is 0 Å². The Balaban J connectivity index is 4.00. The maximum Gasteiger partial charge on any atom is 0.472 e. The topological polar surface area (TPSA) is 134 Å². The first kappa shape index (κ1) is 56.8. The molecular weight excluding hydrogens is 750 g/mol. The van der Waals surface area contributed by atoms with Gasteiger partial charge >= 0.3 is 19.8 Å². The molecule has 0 aromatic rings. The van der Waals surface area contributed by atoms with Gasteiger partial charge in [-0.3, -0.25) is 18.6 Å². The van der Waals surface area contributed by atoms with Gasteiger partial charge in [0.05, 0.1) is 13.2 Å². The average molecular weight is 844 g/mol. The van der Waals surface area contributed by atoms with Crippen molar-refractivity contribution < 1.29 is 37.6 Å².